The quantitative estimate of drug-likeness (QED) is 0.190. The summed E-state index contributed by atoms with van der Waals surface area (Å²) in [5.41, 5.74) is 0. The minimum atomic E-state index is -0.109. The first kappa shape index (κ1) is 24.1. The van der Waals surface area contributed by atoms with Gasteiger partial charge in [-0.2, -0.15) is 0 Å². The van der Waals surface area contributed by atoms with Gasteiger partial charge in [0.1, 0.15) is 5.78 Å². The predicted molar refractivity (Wildman–Crippen MR) is 106 cm³/mol. The molecule has 0 radical (unpaired) electrons. The molecule has 0 aliphatic heterocycles. The fourth-order valence-corrected chi connectivity index (χ4v) is 3.16. The molecule has 0 aliphatic carbocycles. The summed E-state index contributed by atoms with van der Waals surface area (Å²) in [7, 11) is 1.44. The van der Waals surface area contributed by atoms with Crippen LogP contribution in [0.15, 0.2) is 0 Å². The Morgan fingerprint density at radius 3 is 1.32 bits per heavy atom. The predicted octanol–water partition coefficient (Wildman–Crippen LogP) is 6.77. The molecule has 0 spiro atoms. The molecule has 0 N–H and O–H groups in total. The summed E-state index contributed by atoms with van der Waals surface area (Å²) in [5, 5.41) is 0. The monoisotopic (exact) mass is 354 g/mol. The summed E-state index contributed by atoms with van der Waals surface area (Å²) in [6, 6.07) is 0. The largest absolute Gasteiger partial charge is 0.469 e. The van der Waals surface area contributed by atoms with Crippen LogP contribution in [-0.2, 0) is 14.3 Å². The van der Waals surface area contributed by atoms with E-state index in [1.54, 1.807) is 0 Å². The first-order valence-electron chi connectivity index (χ1n) is 10.8. The van der Waals surface area contributed by atoms with Crippen LogP contribution >= 0.6 is 0 Å². The van der Waals surface area contributed by atoms with Crippen molar-refractivity contribution in [3.63, 3.8) is 0 Å². The van der Waals surface area contributed by atoms with E-state index in [-0.39, 0.29) is 5.97 Å². The molecule has 0 aromatic carbocycles. The maximum atomic E-state index is 11.8. The molecule has 0 bridgehead atoms. The molecule has 3 nitrogen and oxygen atoms in total. The molecule has 0 fully saturated rings. The second kappa shape index (κ2) is 19.5. The van der Waals surface area contributed by atoms with Gasteiger partial charge in [0.05, 0.1) is 7.11 Å². The molecule has 0 amide bonds. The van der Waals surface area contributed by atoms with Crippen LogP contribution in [0, 0.1) is 0 Å². The number of ether oxygens (including phenoxy) is 1. The topological polar surface area (TPSA) is 43.4 Å². The van der Waals surface area contributed by atoms with Crippen LogP contribution in [0.5, 0.6) is 0 Å². The van der Waals surface area contributed by atoms with Crippen molar-refractivity contribution in [1.29, 1.82) is 0 Å². The zero-order valence-electron chi connectivity index (χ0n) is 17.0. The third-order valence-corrected chi connectivity index (χ3v) is 4.87. The Hall–Kier alpha value is -0.860. The lowest BCUT2D eigenvalue weighted by Crippen LogP contribution is -1.99. The van der Waals surface area contributed by atoms with Crippen LogP contribution in [-0.4, -0.2) is 18.9 Å². The number of hydrogen-bond acceptors (Lipinski definition) is 3. The lowest BCUT2D eigenvalue weighted by Gasteiger charge is -2.03. The molecular formula is C22H42O3. The zero-order chi connectivity index (χ0) is 18.6. The van der Waals surface area contributed by atoms with E-state index in [0.29, 0.717) is 12.2 Å². The number of esters is 1. The van der Waals surface area contributed by atoms with Crippen molar-refractivity contribution in [3.05, 3.63) is 0 Å². The van der Waals surface area contributed by atoms with Crippen LogP contribution in [0.1, 0.15) is 122 Å². The van der Waals surface area contributed by atoms with Gasteiger partial charge < -0.3 is 4.74 Å². The molecule has 0 heterocycles. The van der Waals surface area contributed by atoms with Gasteiger partial charge in [-0.05, 0) is 19.3 Å². The molecule has 0 aromatic rings. The van der Waals surface area contributed by atoms with E-state index in [1.807, 2.05) is 0 Å². The number of methoxy groups -OCH3 is 1. The number of ketones is 1. The Bertz CT molecular complexity index is 312. The second-order valence-electron chi connectivity index (χ2n) is 7.31. The first-order valence-corrected chi connectivity index (χ1v) is 10.8. The van der Waals surface area contributed by atoms with Gasteiger partial charge in [0.15, 0.2) is 0 Å². The van der Waals surface area contributed by atoms with Crippen molar-refractivity contribution in [2.45, 2.75) is 122 Å². The molecule has 148 valence electrons. The maximum Gasteiger partial charge on any atom is 0.305 e. The van der Waals surface area contributed by atoms with E-state index in [0.717, 1.165) is 51.4 Å². The molecule has 0 atom stereocenters. The Kier molecular flexibility index (Phi) is 18.8. The standard InChI is InChI=1S/C22H42O3/c1-3-4-5-6-7-8-9-12-15-18-21(23)19-16-13-10-11-14-17-20-22(24)25-2/h3-20H2,1-2H3. The van der Waals surface area contributed by atoms with Crippen LogP contribution in [0.2, 0.25) is 0 Å². The van der Waals surface area contributed by atoms with Crippen molar-refractivity contribution in [2.24, 2.45) is 0 Å². The summed E-state index contributed by atoms with van der Waals surface area (Å²) in [5.74, 6) is 0.343. The lowest BCUT2D eigenvalue weighted by atomic mass is 10.0. The molecule has 0 saturated heterocycles. The number of rotatable bonds is 19. The van der Waals surface area contributed by atoms with E-state index >= 15 is 0 Å². The molecule has 25 heavy (non-hydrogen) atoms. The van der Waals surface area contributed by atoms with E-state index in [9.17, 15) is 9.59 Å². The van der Waals surface area contributed by atoms with Gasteiger partial charge in [0.25, 0.3) is 0 Å². The van der Waals surface area contributed by atoms with Gasteiger partial charge in [-0.25, -0.2) is 0 Å². The number of Topliss-reactive ketones (excluding diaryl/α,β-unsaturated/α-hetero) is 1. The molecule has 0 rings (SSSR count). The van der Waals surface area contributed by atoms with Gasteiger partial charge >= 0.3 is 5.97 Å². The van der Waals surface area contributed by atoms with Gasteiger partial charge in [-0.1, -0.05) is 84.0 Å². The first-order chi connectivity index (χ1) is 12.2. The maximum absolute atomic E-state index is 11.8. The fraction of sp³-hybridized carbons (Fsp3) is 0.909. The van der Waals surface area contributed by atoms with Gasteiger partial charge in [0.2, 0.25) is 0 Å². The van der Waals surface area contributed by atoms with E-state index in [1.165, 1.54) is 64.9 Å². The Morgan fingerprint density at radius 1 is 0.560 bits per heavy atom. The smallest absolute Gasteiger partial charge is 0.305 e. The van der Waals surface area contributed by atoms with Crippen LogP contribution in [0.4, 0.5) is 0 Å². The lowest BCUT2D eigenvalue weighted by molar-refractivity contribution is -0.140. The summed E-state index contributed by atoms with van der Waals surface area (Å²) in [6.45, 7) is 2.25. The minimum Gasteiger partial charge on any atom is -0.469 e. The van der Waals surface area contributed by atoms with Gasteiger partial charge in [-0.3, -0.25) is 9.59 Å². The highest BCUT2D eigenvalue weighted by Gasteiger charge is 2.02. The highest BCUT2D eigenvalue weighted by atomic mass is 16.5. The number of carbonyl (C=O) groups excluding carboxylic acids is 2. The molecule has 0 aliphatic rings. The van der Waals surface area contributed by atoms with Crippen molar-refractivity contribution in [1.82, 2.24) is 0 Å². The zero-order valence-corrected chi connectivity index (χ0v) is 17.0. The Labute approximate surface area is 156 Å². The molecular weight excluding hydrogens is 312 g/mol. The van der Waals surface area contributed by atoms with Crippen molar-refractivity contribution >= 4 is 11.8 Å². The summed E-state index contributed by atoms with van der Waals surface area (Å²) < 4.78 is 4.62. The SMILES string of the molecule is CCCCCCCCCCCC(=O)CCCCCCCCC(=O)OC. The Morgan fingerprint density at radius 2 is 0.920 bits per heavy atom. The van der Waals surface area contributed by atoms with Crippen molar-refractivity contribution in [2.75, 3.05) is 7.11 Å². The van der Waals surface area contributed by atoms with E-state index in [4.69, 9.17) is 0 Å². The average Bonchev–Trinajstić information content (AvgIpc) is 2.62. The van der Waals surface area contributed by atoms with Crippen LogP contribution in [0.3, 0.4) is 0 Å². The third-order valence-electron chi connectivity index (χ3n) is 4.87. The highest BCUT2D eigenvalue weighted by molar-refractivity contribution is 5.78. The highest BCUT2D eigenvalue weighted by Crippen LogP contribution is 2.13. The second-order valence-corrected chi connectivity index (χ2v) is 7.31. The number of unbranched alkanes of at least 4 members (excludes halogenated alkanes) is 13. The summed E-state index contributed by atoms with van der Waals surface area (Å²) in [4.78, 5) is 22.8. The minimum absolute atomic E-state index is 0.109. The summed E-state index contributed by atoms with van der Waals surface area (Å²) >= 11 is 0. The van der Waals surface area contributed by atoms with Crippen molar-refractivity contribution in [3.8, 4) is 0 Å². The summed E-state index contributed by atoms with van der Waals surface area (Å²) in [6.07, 6.45) is 20.4. The molecule has 0 aromatic heterocycles. The van der Waals surface area contributed by atoms with Gasteiger partial charge in [0, 0.05) is 19.3 Å². The molecule has 3 heteroatoms. The van der Waals surface area contributed by atoms with Gasteiger partial charge in [-0.15, -0.1) is 0 Å². The molecule has 0 unspecified atom stereocenters. The van der Waals surface area contributed by atoms with E-state index < -0.39 is 0 Å². The van der Waals surface area contributed by atoms with Crippen LogP contribution < -0.4 is 0 Å². The average molecular weight is 355 g/mol. The normalized spacial score (nSPS) is 10.8. The van der Waals surface area contributed by atoms with Crippen molar-refractivity contribution < 1.29 is 14.3 Å². The fourth-order valence-electron chi connectivity index (χ4n) is 3.16. The van der Waals surface area contributed by atoms with Crippen LogP contribution in [0.25, 0.3) is 0 Å². The van der Waals surface area contributed by atoms with E-state index in [2.05, 4.69) is 11.7 Å². The molecule has 0 saturated carbocycles. The number of carbonyl (C=O) groups is 2. The third kappa shape index (κ3) is 19.3. The number of hydrogen-bond donors (Lipinski definition) is 0. The Balaban J connectivity index is 3.19.